The molecule has 0 bridgehead atoms. The Morgan fingerprint density at radius 3 is 3.11 bits per heavy atom. The van der Waals surface area contributed by atoms with Gasteiger partial charge in [0.05, 0.1) is 10.4 Å². The normalized spacial score (nSPS) is 20.7. The van der Waals surface area contributed by atoms with E-state index in [4.69, 9.17) is 16.1 Å². The predicted molar refractivity (Wildman–Crippen MR) is 70.7 cm³/mol. The Morgan fingerprint density at radius 2 is 2.44 bits per heavy atom. The van der Waals surface area contributed by atoms with E-state index in [9.17, 15) is 0 Å². The Labute approximate surface area is 115 Å². The highest BCUT2D eigenvalue weighted by Gasteiger charge is 2.29. The van der Waals surface area contributed by atoms with Gasteiger partial charge in [0, 0.05) is 18.3 Å². The van der Waals surface area contributed by atoms with Crippen molar-refractivity contribution in [2.45, 2.75) is 32.4 Å². The van der Waals surface area contributed by atoms with Crippen molar-refractivity contribution < 1.29 is 4.52 Å². The summed E-state index contributed by atoms with van der Waals surface area (Å²) in [5.41, 5.74) is 0. The number of thiophene rings is 1. The third-order valence-electron chi connectivity index (χ3n) is 3.19. The van der Waals surface area contributed by atoms with E-state index < -0.39 is 0 Å². The lowest BCUT2D eigenvalue weighted by Gasteiger charge is -2.20. The van der Waals surface area contributed by atoms with Gasteiger partial charge in [-0.3, -0.25) is 4.90 Å². The van der Waals surface area contributed by atoms with E-state index in [0.29, 0.717) is 5.89 Å². The molecule has 18 heavy (non-hydrogen) atoms. The zero-order valence-electron chi connectivity index (χ0n) is 10.1. The van der Waals surface area contributed by atoms with Gasteiger partial charge in [-0.2, -0.15) is 4.98 Å². The van der Waals surface area contributed by atoms with Crippen LogP contribution in [0.25, 0.3) is 0 Å². The smallest absolute Gasteiger partial charge is 0.223 e. The van der Waals surface area contributed by atoms with Crippen molar-refractivity contribution in [1.29, 1.82) is 0 Å². The molecule has 4 nitrogen and oxygen atoms in total. The topological polar surface area (TPSA) is 42.2 Å². The number of aryl methyl sites for hydroxylation is 1. The van der Waals surface area contributed by atoms with E-state index in [0.717, 1.165) is 29.7 Å². The molecule has 1 atom stereocenters. The Bertz CT molecular complexity index is 539. The van der Waals surface area contributed by atoms with Gasteiger partial charge < -0.3 is 4.52 Å². The molecule has 1 fully saturated rings. The standard InChI is InChI=1S/C12H14ClN3OS/c1-8-14-12(15-17-8)10-3-2-6-16(10)7-9-4-5-11(13)18-9/h4-5,10H,2-3,6-7H2,1H3. The fraction of sp³-hybridized carbons (Fsp3) is 0.500. The van der Waals surface area contributed by atoms with Gasteiger partial charge in [-0.15, -0.1) is 11.3 Å². The first-order chi connectivity index (χ1) is 8.72. The molecule has 1 aliphatic rings. The molecule has 3 rings (SSSR count). The van der Waals surface area contributed by atoms with Crippen molar-refractivity contribution >= 4 is 22.9 Å². The monoisotopic (exact) mass is 283 g/mol. The molecule has 0 spiro atoms. The van der Waals surface area contributed by atoms with Gasteiger partial charge >= 0.3 is 0 Å². The molecule has 0 radical (unpaired) electrons. The SMILES string of the molecule is Cc1nc(C2CCCN2Cc2ccc(Cl)s2)no1. The maximum atomic E-state index is 5.96. The summed E-state index contributed by atoms with van der Waals surface area (Å²) in [6.45, 7) is 3.82. The van der Waals surface area contributed by atoms with Crippen LogP contribution in [0.4, 0.5) is 0 Å². The molecule has 96 valence electrons. The van der Waals surface area contributed by atoms with E-state index in [-0.39, 0.29) is 6.04 Å². The maximum absolute atomic E-state index is 5.96. The van der Waals surface area contributed by atoms with Crippen LogP contribution in [0.2, 0.25) is 4.34 Å². The molecule has 6 heteroatoms. The van der Waals surface area contributed by atoms with E-state index >= 15 is 0 Å². The second kappa shape index (κ2) is 4.99. The van der Waals surface area contributed by atoms with Gasteiger partial charge in [0.25, 0.3) is 0 Å². The zero-order chi connectivity index (χ0) is 12.5. The first kappa shape index (κ1) is 12.1. The number of hydrogen-bond acceptors (Lipinski definition) is 5. The van der Waals surface area contributed by atoms with Crippen LogP contribution in [-0.2, 0) is 6.54 Å². The molecule has 0 N–H and O–H groups in total. The summed E-state index contributed by atoms with van der Waals surface area (Å²) in [7, 11) is 0. The number of likely N-dealkylation sites (tertiary alicyclic amines) is 1. The van der Waals surface area contributed by atoms with Crippen LogP contribution < -0.4 is 0 Å². The van der Waals surface area contributed by atoms with Crippen LogP contribution >= 0.6 is 22.9 Å². The molecule has 0 aromatic carbocycles. The highest BCUT2D eigenvalue weighted by molar-refractivity contribution is 7.16. The highest BCUT2D eigenvalue weighted by atomic mass is 35.5. The summed E-state index contributed by atoms with van der Waals surface area (Å²) in [6.07, 6.45) is 2.27. The zero-order valence-corrected chi connectivity index (χ0v) is 11.7. The van der Waals surface area contributed by atoms with Crippen LogP contribution in [-0.4, -0.2) is 21.6 Å². The minimum Gasteiger partial charge on any atom is -0.340 e. The number of nitrogens with zero attached hydrogens (tertiary/aromatic N) is 3. The Kier molecular flexibility index (Phi) is 3.37. The van der Waals surface area contributed by atoms with E-state index in [1.54, 1.807) is 11.3 Å². The van der Waals surface area contributed by atoms with Crippen molar-refractivity contribution in [3.8, 4) is 0 Å². The van der Waals surface area contributed by atoms with Crippen LogP contribution in [0.5, 0.6) is 0 Å². The van der Waals surface area contributed by atoms with Gasteiger partial charge in [0.2, 0.25) is 5.89 Å². The fourth-order valence-corrected chi connectivity index (χ4v) is 3.51. The lowest BCUT2D eigenvalue weighted by Crippen LogP contribution is -2.23. The minimum atomic E-state index is 0.281. The Hall–Kier alpha value is -0.910. The van der Waals surface area contributed by atoms with Gasteiger partial charge in [-0.25, -0.2) is 0 Å². The van der Waals surface area contributed by atoms with Crippen molar-refractivity contribution in [2.75, 3.05) is 6.54 Å². The third-order valence-corrected chi connectivity index (χ3v) is 4.41. The van der Waals surface area contributed by atoms with Crippen LogP contribution in [0, 0.1) is 6.92 Å². The molecule has 2 aromatic rings. The van der Waals surface area contributed by atoms with Crippen LogP contribution in [0.1, 0.15) is 35.5 Å². The van der Waals surface area contributed by atoms with Gasteiger partial charge in [0.15, 0.2) is 5.82 Å². The summed E-state index contributed by atoms with van der Waals surface area (Å²) >= 11 is 7.60. The Balaban J connectivity index is 1.75. The minimum absolute atomic E-state index is 0.281. The molecular formula is C12H14ClN3OS. The van der Waals surface area contributed by atoms with Gasteiger partial charge in [0.1, 0.15) is 0 Å². The lowest BCUT2D eigenvalue weighted by atomic mass is 10.2. The number of halogens is 1. The van der Waals surface area contributed by atoms with Gasteiger partial charge in [-0.05, 0) is 31.5 Å². The summed E-state index contributed by atoms with van der Waals surface area (Å²) in [5, 5.41) is 4.04. The molecule has 0 aliphatic carbocycles. The second-order valence-electron chi connectivity index (χ2n) is 4.51. The third kappa shape index (κ3) is 2.43. The average Bonchev–Trinajstić information content (AvgIpc) is 3.01. The summed E-state index contributed by atoms with van der Waals surface area (Å²) in [6, 6.07) is 4.32. The van der Waals surface area contributed by atoms with E-state index in [1.165, 1.54) is 11.3 Å². The molecule has 2 aromatic heterocycles. The molecule has 1 saturated heterocycles. The molecule has 1 aliphatic heterocycles. The van der Waals surface area contributed by atoms with Crippen molar-refractivity contribution in [3.05, 3.63) is 33.1 Å². The van der Waals surface area contributed by atoms with Crippen molar-refractivity contribution in [2.24, 2.45) is 0 Å². The fourth-order valence-electron chi connectivity index (χ4n) is 2.39. The molecule has 3 heterocycles. The number of hydrogen-bond donors (Lipinski definition) is 0. The summed E-state index contributed by atoms with van der Waals surface area (Å²) in [5.74, 6) is 1.45. The average molecular weight is 284 g/mol. The first-order valence-electron chi connectivity index (χ1n) is 6.01. The largest absolute Gasteiger partial charge is 0.340 e. The Morgan fingerprint density at radius 1 is 1.56 bits per heavy atom. The molecular weight excluding hydrogens is 270 g/mol. The molecule has 0 amide bonds. The quantitative estimate of drug-likeness (QED) is 0.865. The summed E-state index contributed by atoms with van der Waals surface area (Å²) in [4.78, 5) is 8.03. The molecule has 1 unspecified atom stereocenters. The van der Waals surface area contributed by atoms with Gasteiger partial charge in [-0.1, -0.05) is 16.8 Å². The molecule has 0 saturated carbocycles. The van der Waals surface area contributed by atoms with Crippen LogP contribution in [0.15, 0.2) is 16.7 Å². The number of rotatable bonds is 3. The highest BCUT2D eigenvalue weighted by Crippen LogP contribution is 2.33. The predicted octanol–water partition coefficient (Wildman–Crippen LogP) is 3.43. The van der Waals surface area contributed by atoms with E-state index in [1.807, 2.05) is 13.0 Å². The summed E-state index contributed by atoms with van der Waals surface area (Å²) < 4.78 is 5.92. The van der Waals surface area contributed by atoms with Crippen LogP contribution in [0.3, 0.4) is 0 Å². The lowest BCUT2D eigenvalue weighted by molar-refractivity contribution is 0.236. The first-order valence-corrected chi connectivity index (χ1v) is 7.20. The second-order valence-corrected chi connectivity index (χ2v) is 6.31. The van der Waals surface area contributed by atoms with Crippen molar-refractivity contribution in [3.63, 3.8) is 0 Å². The van der Waals surface area contributed by atoms with E-state index in [2.05, 4.69) is 21.1 Å². The maximum Gasteiger partial charge on any atom is 0.223 e. The van der Waals surface area contributed by atoms with Crippen molar-refractivity contribution in [1.82, 2.24) is 15.0 Å². The number of aromatic nitrogens is 2.